The molecule has 1 aromatic carbocycles. The number of rotatable bonds is 8. The molecule has 0 unspecified atom stereocenters. The van der Waals surface area contributed by atoms with E-state index in [4.69, 9.17) is 9.15 Å². The van der Waals surface area contributed by atoms with Gasteiger partial charge in [-0.05, 0) is 36.2 Å². The van der Waals surface area contributed by atoms with Crippen molar-refractivity contribution in [2.75, 3.05) is 19.0 Å². The van der Waals surface area contributed by atoms with Crippen LogP contribution >= 0.6 is 0 Å². The molecule has 0 aliphatic carbocycles. The van der Waals surface area contributed by atoms with Crippen LogP contribution in [0.2, 0.25) is 0 Å². The Labute approximate surface area is 151 Å². The van der Waals surface area contributed by atoms with E-state index in [1.54, 1.807) is 13.4 Å². The number of hydrogen-bond acceptors (Lipinski definition) is 6. The summed E-state index contributed by atoms with van der Waals surface area (Å²) in [5, 5.41) is 5.89. The molecule has 0 fully saturated rings. The van der Waals surface area contributed by atoms with Gasteiger partial charge in [0.2, 0.25) is 5.95 Å². The molecule has 7 heteroatoms. The Hall–Kier alpha value is -3.35. The van der Waals surface area contributed by atoms with Crippen molar-refractivity contribution in [3.05, 3.63) is 71.9 Å². The highest BCUT2D eigenvalue weighted by Gasteiger charge is 2.07. The maximum Gasteiger partial charge on any atom is 0.254 e. The predicted octanol–water partition coefficient (Wildman–Crippen LogP) is 2.66. The highest BCUT2D eigenvalue weighted by molar-refractivity contribution is 5.93. The van der Waals surface area contributed by atoms with Crippen LogP contribution in [0.3, 0.4) is 0 Å². The summed E-state index contributed by atoms with van der Waals surface area (Å²) in [6.07, 6.45) is 5.32. The fourth-order valence-electron chi connectivity index (χ4n) is 2.37. The second-order valence-electron chi connectivity index (χ2n) is 5.59. The zero-order valence-electron chi connectivity index (χ0n) is 14.4. The van der Waals surface area contributed by atoms with Gasteiger partial charge in [-0.1, -0.05) is 12.1 Å². The van der Waals surface area contributed by atoms with Crippen molar-refractivity contribution in [2.24, 2.45) is 0 Å². The fourth-order valence-corrected chi connectivity index (χ4v) is 2.37. The number of carbonyl (C=O) groups excluding carboxylic acids is 1. The summed E-state index contributed by atoms with van der Waals surface area (Å²) in [5.74, 6) is 1.83. The highest BCUT2D eigenvalue weighted by atomic mass is 16.5. The number of anilines is 1. The molecule has 0 saturated heterocycles. The third kappa shape index (κ3) is 4.83. The molecule has 0 aliphatic rings. The van der Waals surface area contributed by atoms with Crippen LogP contribution in [0.5, 0.6) is 5.75 Å². The van der Waals surface area contributed by atoms with Crippen LogP contribution in [-0.4, -0.2) is 29.5 Å². The number of methoxy groups -OCH3 is 1. The van der Waals surface area contributed by atoms with E-state index < -0.39 is 0 Å². The monoisotopic (exact) mass is 352 g/mol. The van der Waals surface area contributed by atoms with Crippen molar-refractivity contribution in [2.45, 2.75) is 13.0 Å². The van der Waals surface area contributed by atoms with Gasteiger partial charge in [0.25, 0.3) is 5.91 Å². The Morgan fingerprint density at radius 1 is 1.19 bits per heavy atom. The lowest BCUT2D eigenvalue weighted by Crippen LogP contribution is -2.26. The maximum atomic E-state index is 12.2. The summed E-state index contributed by atoms with van der Waals surface area (Å²) < 4.78 is 10.4. The minimum atomic E-state index is -0.203. The average Bonchev–Trinajstić information content (AvgIpc) is 3.20. The van der Waals surface area contributed by atoms with Crippen molar-refractivity contribution in [3.8, 4) is 5.75 Å². The molecular weight excluding hydrogens is 332 g/mol. The largest absolute Gasteiger partial charge is 0.497 e. The number of aromatic nitrogens is 2. The average molecular weight is 352 g/mol. The number of hydrogen-bond donors (Lipinski definition) is 2. The number of carbonyl (C=O) groups is 1. The van der Waals surface area contributed by atoms with E-state index in [9.17, 15) is 4.79 Å². The SMILES string of the molecule is COc1cccc(CCNC(=O)c2cnc(NCc3ccco3)nc2)c1. The number of furan rings is 1. The van der Waals surface area contributed by atoms with Crippen LogP contribution in [0.1, 0.15) is 21.7 Å². The van der Waals surface area contributed by atoms with Gasteiger partial charge < -0.3 is 19.8 Å². The lowest BCUT2D eigenvalue weighted by molar-refractivity contribution is 0.0953. The third-order valence-electron chi connectivity index (χ3n) is 3.75. The number of nitrogens with zero attached hydrogens (tertiary/aromatic N) is 2. The number of amides is 1. The minimum Gasteiger partial charge on any atom is -0.497 e. The van der Waals surface area contributed by atoms with Crippen molar-refractivity contribution in [1.29, 1.82) is 0 Å². The first-order chi connectivity index (χ1) is 12.7. The van der Waals surface area contributed by atoms with Crippen LogP contribution in [-0.2, 0) is 13.0 Å². The molecule has 2 heterocycles. The van der Waals surface area contributed by atoms with Gasteiger partial charge in [0.05, 0.1) is 25.5 Å². The normalized spacial score (nSPS) is 10.3. The minimum absolute atomic E-state index is 0.203. The molecule has 1 amide bonds. The Morgan fingerprint density at radius 3 is 2.77 bits per heavy atom. The maximum absolute atomic E-state index is 12.2. The summed E-state index contributed by atoms with van der Waals surface area (Å²) in [6, 6.07) is 11.4. The first-order valence-electron chi connectivity index (χ1n) is 8.24. The van der Waals surface area contributed by atoms with Gasteiger partial charge in [0, 0.05) is 18.9 Å². The summed E-state index contributed by atoms with van der Waals surface area (Å²) in [6.45, 7) is 1.00. The fraction of sp³-hybridized carbons (Fsp3) is 0.211. The molecule has 0 saturated carbocycles. The second-order valence-corrected chi connectivity index (χ2v) is 5.59. The first-order valence-corrected chi connectivity index (χ1v) is 8.24. The predicted molar refractivity (Wildman–Crippen MR) is 97.1 cm³/mol. The van der Waals surface area contributed by atoms with Crippen molar-refractivity contribution in [1.82, 2.24) is 15.3 Å². The zero-order chi connectivity index (χ0) is 18.2. The van der Waals surface area contributed by atoms with Crippen LogP contribution in [0.25, 0.3) is 0 Å². The highest BCUT2D eigenvalue weighted by Crippen LogP contribution is 2.12. The molecule has 134 valence electrons. The van der Waals surface area contributed by atoms with E-state index in [1.807, 2.05) is 36.4 Å². The molecule has 2 N–H and O–H groups in total. The molecule has 0 radical (unpaired) electrons. The van der Waals surface area contributed by atoms with E-state index in [-0.39, 0.29) is 5.91 Å². The Morgan fingerprint density at radius 2 is 2.04 bits per heavy atom. The lowest BCUT2D eigenvalue weighted by atomic mass is 10.1. The Kier molecular flexibility index (Phi) is 5.82. The van der Waals surface area contributed by atoms with Gasteiger partial charge in [-0.25, -0.2) is 9.97 Å². The number of nitrogens with one attached hydrogen (secondary N) is 2. The van der Waals surface area contributed by atoms with Crippen LogP contribution in [0.15, 0.2) is 59.5 Å². The molecular formula is C19H20N4O3. The summed E-state index contributed by atoms with van der Waals surface area (Å²) >= 11 is 0. The lowest BCUT2D eigenvalue weighted by Gasteiger charge is -2.07. The topological polar surface area (TPSA) is 89.3 Å². The molecule has 0 bridgehead atoms. The second kappa shape index (κ2) is 8.66. The van der Waals surface area contributed by atoms with Gasteiger partial charge >= 0.3 is 0 Å². The van der Waals surface area contributed by atoms with Crippen molar-refractivity contribution in [3.63, 3.8) is 0 Å². The summed E-state index contributed by atoms with van der Waals surface area (Å²) in [7, 11) is 1.63. The number of ether oxygens (including phenoxy) is 1. The molecule has 3 aromatic rings. The van der Waals surface area contributed by atoms with Gasteiger partial charge in [-0.3, -0.25) is 4.79 Å². The molecule has 7 nitrogen and oxygen atoms in total. The van der Waals surface area contributed by atoms with Gasteiger partial charge in [-0.15, -0.1) is 0 Å². The molecule has 2 aromatic heterocycles. The van der Waals surface area contributed by atoms with E-state index in [0.717, 1.165) is 17.1 Å². The third-order valence-corrected chi connectivity index (χ3v) is 3.75. The van der Waals surface area contributed by atoms with Crippen LogP contribution < -0.4 is 15.4 Å². The van der Waals surface area contributed by atoms with E-state index in [2.05, 4.69) is 20.6 Å². The molecule has 0 atom stereocenters. The number of benzene rings is 1. The van der Waals surface area contributed by atoms with Gasteiger partial charge in [0.15, 0.2) is 0 Å². The van der Waals surface area contributed by atoms with E-state index >= 15 is 0 Å². The Bertz CT molecular complexity index is 832. The van der Waals surface area contributed by atoms with E-state index in [1.165, 1.54) is 12.4 Å². The van der Waals surface area contributed by atoms with Crippen molar-refractivity contribution >= 4 is 11.9 Å². The zero-order valence-corrected chi connectivity index (χ0v) is 14.4. The standard InChI is InChI=1S/C19H20N4O3/c1-25-16-5-2-4-14(10-16)7-8-20-18(24)15-11-21-19(22-12-15)23-13-17-6-3-9-26-17/h2-6,9-12H,7-8,13H2,1H3,(H,20,24)(H,21,22,23). The molecule has 26 heavy (non-hydrogen) atoms. The van der Waals surface area contributed by atoms with Crippen LogP contribution in [0.4, 0.5) is 5.95 Å². The first kappa shape index (κ1) is 17.5. The Balaban J connectivity index is 1.46. The molecule has 0 aliphatic heterocycles. The van der Waals surface area contributed by atoms with E-state index in [0.29, 0.717) is 31.0 Å². The quantitative estimate of drug-likeness (QED) is 0.648. The van der Waals surface area contributed by atoms with Gasteiger partial charge in [0.1, 0.15) is 11.5 Å². The molecule has 3 rings (SSSR count). The smallest absolute Gasteiger partial charge is 0.254 e. The summed E-state index contributed by atoms with van der Waals surface area (Å²) in [5.41, 5.74) is 1.51. The van der Waals surface area contributed by atoms with Crippen LogP contribution in [0, 0.1) is 0 Å². The van der Waals surface area contributed by atoms with Gasteiger partial charge in [-0.2, -0.15) is 0 Å². The molecule has 0 spiro atoms. The van der Waals surface area contributed by atoms with Crippen molar-refractivity contribution < 1.29 is 13.9 Å². The summed E-state index contributed by atoms with van der Waals surface area (Å²) in [4.78, 5) is 20.5.